The van der Waals surface area contributed by atoms with E-state index in [1.165, 1.54) is 0 Å². The summed E-state index contributed by atoms with van der Waals surface area (Å²) in [5.41, 5.74) is -0.381. The summed E-state index contributed by atoms with van der Waals surface area (Å²) in [6.07, 6.45) is -1.30. The molecule has 0 aromatic carbocycles. The molecular formula is C8H14O4. The van der Waals surface area contributed by atoms with E-state index >= 15 is 0 Å². The van der Waals surface area contributed by atoms with Crippen molar-refractivity contribution in [2.75, 3.05) is 6.61 Å². The van der Waals surface area contributed by atoms with Gasteiger partial charge in [0.25, 0.3) is 0 Å². The van der Waals surface area contributed by atoms with Crippen LogP contribution in [0.2, 0.25) is 0 Å². The molecular weight excluding hydrogens is 160 g/mol. The van der Waals surface area contributed by atoms with Crippen LogP contribution in [-0.4, -0.2) is 45.3 Å². The molecule has 0 aromatic rings. The summed E-state index contributed by atoms with van der Waals surface area (Å²) in [6.45, 7) is -0.157. The Bertz CT molecular complexity index is 189. The van der Waals surface area contributed by atoms with Crippen LogP contribution >= 0.6 is 0 Å². The predicted octanol–water partition coefficient (Wildman–Crippen LogP) is -1.53. The fourth-order valence-electron chi connectivity index (χ4n) is 2.42. The zero-order chi connectivity index (χ0) is 8.93. The van der Waals surface area contributed by atoms with Crippen molar-refractivity contribution in [2.45, 2.75) is 31.2 Å². The maximum Gasteiger partial charge on any atom is 0.107 e. The van der Waals surface area contributed by atoms with Crippen molar-refractivity contribution in [2.24, 2.45) is 11.3 Å². The predicted molar refractivity (Wildman–Crippen MR) is 40.3 cm³/mol. The van der Waals surface area contributed by atoms with Crippen LogP contribution < -0.4 is 0 Å². The quantitative estimate of drug-likeness (QED) is 0.389. The van der Waals surface area contributed by atoms with Crippen molar-refractivity contribution >= 4 is 0 Å². The third-order valence-electron chi connectivity index (χ3n) is 3.44. The van der Waals surface area contributed by atoms with Gasteiger partial charge in [0.05, 0.1) is 12.2 Å². The minimum absolute atomic E-state index is 0.157. The van der Waals surface area contributed by atoms with E-state index in [1.54, 1.807) is 0 Å². The van der Waals surface area contributed by atoms with E-state index in [1.807, 2.05) is 0 Å². The molecule has 0 radical (unpaired) electrons. The Hall–Kier alpha value is -0.160. The Balaban J connectivity index is 2.23. The lowest BCUT2D eigenvalue weighted by atomic mass is 9.91. The van der Waals surface area contributed by atoms with E-state index < -0.39 is 18.3 Å². The van der Waals surface area contributed by atoms with Crippen molar-refractivity contribution in [1.82, 2.24) is 0 Å². The molecule has 4 heteroatoms. The van der Waals surface area contributed by atoms with Gasteiger partial charge in [0, 0.05) is 17.9 Å². The molecule has 0 aliphatic heterocycles. The first kappa shape index (κ1) is 8.44. The lowest BCUT2D eigenvalue weighted by Gasteiger charge is -2.19. The van der Waals surface area contributed by atoms with Crippen LogP contribution in [0.25, 0.3) is 0 Å². The van der Waals surface area contributed by atoms with E-state index in [4.69, 9.17) is 5.11 Å². The highest BCUT2D eigenvalue weighted by atomic mass is 16.4. The monoisotopic (exact) mass is 174 g/mol. The molecule has 2 saturated carbocycles. The standard InChI is InChI=1S/C8H14O4/c9-3-4-5(10)6(11)7(12)8(4)1-2-8/h4-7,9-12H,1-3H2. The van der Waals surface area contributed by atoms with Gasteiger partial charge >= 0.3 is 0 Å². The van der Waals surface area contributed by atoms with E-state index in [9.17, 15) is 15.3 Å². The molecule has 0 saturated heterocycles. The van der Waals surface area contributed by atoms with E-state index in [0.717, 1.165) is 12.8 Å². The second kappa shape index (κ2) is 2.42. The van der Waals surface area contributed by atoms with Crippen molar-refractivity contribution in [1.29, 1.82) is 0 Å². The molecule has 2 aliphatic rings. The van der Waals surface area contributed by atoms with Crippen LogP contribution in [0.1, 0.15) is 12.8 Å². The third kappa shape index (κ3) is 0.808. The fourth-order valence-corrected chi connectivity index (χ4v) is 2.42. The molecule has 70 valence electrons. The Morgan fingerprint density at radius 3 is 2.00 bits per heavy atom. The molecule has 4 unspecified atom stereocenters. The van der Waals surface area contributed by atoms with Gasteiger partial charge in [-0.15, -0.1) is 0 Å². The van der Waals surface area contributed by atoms with Crippen LogP contribution in [0.4, 0.5) is 0 Å². The largest absolute Gasteiger partial charge is 0.396 e. The van der Waals surface area contributed by atoms with Crippen molar-refractivity contribution in [3.63, 3.8) is 0 Å². The first-order valence-electron chi connectivity index (χ1n) is 4.28. The number of aliphatic hydroxyl groups is 4. The van der Waals surface area contributed by atoms with Crippen molar-refractivity contribution < 1.29 is 20.4 Å². The number of aliphatic hydroxyl groups excluding tert-OH is 4. The highest BCUT2D eigenvalue weighted by Gasteiger charge is 2.65. The van der Waals surface area contributed by atoms with Gasteiger partial charge in [-0.2, -0.15) is 0 Å². The van der Waals surface area contributed by atoms with Gasteiger partial charge < -0.3 is 20.4 Å². The minimum atomic E-state index is -1.08. The summed E-state index contributed by atoms with van der Waals surface area (Å²) < 4.78 is 0. The molecule has 4 nitrogen and oxygen atoms in total. The van der Waals surface area contributed by atoms with E-state index in [2.05, 4.69) is 0 Å². The highest BCUT2D eigenvalue weighted by molar-refractivity contribution is 5.14. The first-order chi connectivity index (χ1) is 5.63. The highest BCUT2D eigenvalue weighted by Crippen LogP contribution is 2.60. The van der Waals surface area contributed by atoms with Crippen molar-refractivity contribution in [3.05, 3.63) is 0 Å². The van der Waals surface area contributed by atoms with Crippen LogP contribution in [-0.2, 0) is 0 Å². The first-order valence-corrected chi connectivity index (χ1v) is 4.28. The van der Waals surface area contributed by atoms with Crippen LogP contribution in [0.5, 0.6) is 0 Å². The molecule has 12 heavy (non-hydrogen) atoms. The van der Waals surface area contributed by atoms with Crippen LogP contribution in [0, 0.1) is 11.3 Å². The Labute approximate surface area is 70.5 Å². The van der Waals surface area contributed by atoms with Crippen molar-refractivity contribution in [3.8, 4) is 0 Å². The molecule has 4 N–H and O–H groups in total. The second-order valence-electron chi connectivity index (χ2n) is 3.95. The summed E-state index contributed by atoms with van der Waals surface area (Å²) in [5, 5.41) is 37.3. The third-order valence-corrected chi connectivity index (χ3v) is 3.44. The van der Waals surface area contributed by atoms with Gasteiger partial charge in [-0.05, 0) is 12.8 Å². The Morgan fingerprint density at radius 1 is 1.08 bits per heavy atom. The van der Waals surface area contributed by atoms with Gasteiger partial charge in [-0.25, -0.2) is 0 Å². The topological polar surface area (TPSA) is 80.9 Å². The SMILES string of the molecule is OCC1C(O)C(O)C(O)C12CC2. The minimum Gasteiger partial charge on any atom is -0.396 e. The average molecular weight is 174 g/mol. The lowest BCUT2D eigenvalue weighted by Crippen LogP contribution is -2.31. The van der Waals surface area contributed by atoms with Gasteiger partial charge in [0.2, 0.25) is 0 Å². The Morgan fingerprint density at radius 2 is 1.67 bits per heavy atom. The number of rotatable bonds is 1. The van der Waals surface area contributed by atoms with Gasteiger partial charge in [0.15, 0.2) is 0 Å². The summed E-state index contributed by atoms with van der Waals surface area (Å²) in [4.78, 5) is 0. The molecule has 2 fully saturated rings. The van der Waals surface area contributed by atoms with Crippen LogP contribution in [0.3, 0.4) is 0 Å². The van der Waals surface area contributed by atoms with Gasteiger partial charge in [0.1, 0.15) is 6.10 Å². The molecule has 0 heterocycles. The normalized spacial score (nSPS) is 50.0. The van der Waals surface area contributed by atoms with E-state index in [0.29, 0.717) is 0 Å². The maximum atomic E-state index is 9.54. The molecule has 4 atom stereocenters. The summed E-state index contributed by atoms with van der Waals surface area (Å²) in [7, 11) is 0. The van der Waals surface area contributed by atoms with Crippen LogP contribution in [0.15, 0.2) is 0 Å². The second-order valence-corrected chi connectivity index (χ2v) is 3.95. The summed E-state index contributed by atoms with van der Waals surface area (Å²) in [5.74, 6) is -0.345. The summed E-state index contributed by atoms with van der Waals surface area (Å²) in [6, 6.07) is 0. The lowest BCUT2D eigenvalue weighted by molar-refractivity contribution is -0.0331. The molecule has 1 spiro atoms. The maximum absolute atomic E-state index is 9.54. The zero-order valence-corrected chi connectivity index (χ0v) is 6.72. The molecule has 2 rings (SSSR count). The number of hydrogen-bond donors (Lipinski definition) is 4. The van der Waals surface area contributed by atoms with Gasteiger partial charge in [-0.1, -0.05) is 0 Å². The van der Waals surface area contributed by atoms with Gasteiger partial charge in [-0.3, -0.25) is 0 Å². The fraction of sp³-hybridized carbons (Fsp3) is 1.00. The number of hydrogen-bond acceptors (Lipinski definition) is 4. The summed E-state index contributed by atoms with van der Waals surface area (Å²) >= 11 is 0. The molecule has 0 amide bonds. The molecule has 0 bridgehead atoms. The smallest absolute Gasteiger partial charge is 0.107 e. The Kier molecular flexibility index (Phi) is 1.70. The van der Waals surface area contributed by atoms with E-state index in [-0.39, 0.29) is 17.9 Å². The molecule has 2 aliphatic carbocycles. The average Bonchev–Trinajstić information content (AvgIpc) is 2.81. The zero-order valence-electron chi connectivity index (χ0n) is 6.72. The molecule has 0 aromatic heterocycles.